The standard InChI is InChI=1S/C10H16N4/c1-11-6-4-3-5-9-7-13-10(12-2)14-8-9/h3,5,7-8,11H,4,6H2,1-2H3,(H,12,13,14). The highest BCUT2D eigenvalue weighted by Gasteiger charge is 1.90. The number of rotatable bonds is 5. The Bertz CT molecular complexity index is 279. The van der Waals surface area contributed by atoms with E-state index in [-0.39, 0.29) is 0 Å². The molecule has 0 bridgehead atoms. The SMILES string of the molecule is CNCCC=Cc1cnc(NC)nc1. The van der Waals surface area contributed by atoms with Crippen LogP contribution in [0.15, 0.2) is 18.5 Å². The first kappa shape index (κ1) is 10.7. The highest BCUT2D eigenvalue weighted by molar-refractivity contribution is 5.47. The van der Waals surface area contributed by atoms with Crippen LogP contribution in [0.25, 0.3) is 6.08 Å². The molecule has 0 aliphatic rings. The van der Waals surface area contributed by atoms with Gasteiger partial charge in [-0.05, 0) is 20.0 Å². The van der Waals surface area contributed by atoms with Gasteiger partial charge in [-0.1, -0.05) is 12.2 Å². The third-order valence-corrected chi connectivity index (χ3v) is 1.77. The topological polar surface area (TPSA) is 49.8 Å². The van der Waals surface area contributed by atoms with Gasteiger partial charge in [-0.2, -0.15) is 0 Å². The van der Waals surface area contributed by atoms with Gasteiger partial charge in [0.2, 0.25) is 5.95 Å². The molecule has 0 aliphatic heterocycles. The molecular formula is C10H16N4. The van der Waals surface area contributed by atoms with Crippen LogP contribution in [-0.4, -0.2) is 30.6 Å². The second-order valence-electron chi connectivity index (χ2n) is 2.88. The molecule has 0 saturated heterocycles. The largest absolute Gasteiger partial charge is 0.357 e. The van der Waals surface area contributed by atoms with Crippen LogP contribution < -0.4 is 10.6 Å². The molecule has 1 aromatic rings. The third-order valence-electron chi connectivity index (χ3n) is 1.77. The maximum absolute atomic E-state index is 4.11. The van der Waals surface area contributed by atoms with E-state index in [0.29, 0.717) is 5.95 Å². The van der Waals surface area contributed by atoms with Crippen molar-refractivity contribution in [3.63, 3.8) is 0 Å². The number of aromatic nitrogens is 2. The Balaban J connectivity index is 2.47. The van der Waals surface area contributed by atoms with E-state index in [1.807, 2.05) is 13.1 Å². The molecule has 14 heavy (non-hydrogen) atoms. The van der Waals surface area contributed by atoms with Crippen molar-refractivity contribution in [1.29, 1.82) is 0 Å². The lowest BCUT2D eigenvalue weighted by atomic mass is 10.3. The number of hydrogen-bond acceptors (Lipinski definition) is 4. The normalized spacial score (nSPS) is 10.7. The average molecular weight is 192 g/mol. The summed E-state index contributed by atoms with van der Waals surface area (Å²) in [6, 6.07) is 0. The molecule has 1 heterocycles. The van der Waals surface area contributed by atoms with E-state index < -0.39 is 0 Å². The first-order chi connectivity index (χ1) is 6.86. The van der Waals surface area contributed by atoms with Crippen LogP contribution in [0.4, 0.5) is 5.95 Å². The van der Waals surface area contributed by atoms with Crippen LogP contribution >= 0.6 is 0 Å². The molecule has 0 radical (unpaired) electrons. The number of hydrogen-bond donors (Lipinski definition) is 2. The third kappa shape index (κ3) is 3.53. The summed E-state index contributed by atoms with van der Waals surface area (Å²) in [5.41, 5.74) is 1.03. The molecule has 4 nitrogen and oxygen atoms in total. The van der Waals surface area contributed by atoms with Gasteiger partial charge in [-0.25, -0.2) is 9.97 Å². The molecule has 0 amide bonds. The van der Waals surface area contributed by atoms with Crippen LogP contribution in [0.1, 0.15) is 12.0 Å². The van der Waals surface area contributed by atoms with Gasteiger partial charge >= 0.3 is 0 Å². The van der Waals surface area contributed by atoms with Crippen molar-refractivity contribution < 1.29 is 0 Å². The van der Waals surface area contributed by atoms with Crippen molar-refractivity contribution in [2.24, 2.45) is 0 Å². The van der Waals surface area contributed by atoms with Crippen molar-refractivity contribution >= 4 is 12.0 Å². The van der Waals surface area contributed by atoms with Crippen LogP contribution in [0, 0.1) is 0 Å². The average Bonchev–Trinajstić information content (AvgIpc) is 2.25. The van der Waals surface area contributed by atoms with Gasteiger partial charge in [-0.3, -0.25) is 0 Å². The van der Waals surface area contributed by atoms with Crippen molar-refractivity contribution in [3.05, 3.63) is 24.0 Å². The second kappa shape index (κ2) is 6.10. The van der Waals surface area contributed by atoms with Gasteiger partial charge in [0.25, 0.3) is 0 Å². The predicted octanol–water partition coefficient (Wildman–Crippen LogP) is 1.14. The Morgan fingerprint density at radius 1 is 1.29 bits per heavy atom. The fraction of sp³-hybridized carbons (Fsp3) is 0.400. The predicted molar refractivity (Wildman–Crippen MR) is 59.2 cm³/mol. The van der Waals surface area contributed by atoms with Crippen LogP contribution in [0.3, 0.4) is 0 Å². The van der Waals surface area contributed by atoms with Crippen molar-refractivity contribution in [2.75, 3.05) is 26.0 Å². The number of anilines is 1. The quantitative estimate of drug-likeness (QED) is 0.687. The summed E-state index contributed by atoms with van der Waals surface area (Å²) in [6.45, 7) is 0.992. The maximum Gasteiger partial charge on any atom is 0.222 e. The van der Waals surface area contributed by atoms with E-state index in [0.717, 1.165) is 18.5 Å². The minimum Gasteiger partial charge on any atom is -0.357 e. The van der Waals surface area contributed by atoms with Gasteiger partial charge in [0.15, 0.2) is 0 Å². The van der Waals surface area contributed by atoms with Crippen LogP contribution in [-0.2, 0) is 0 Å². The Labute approximate surface area is 84.5 Å². The maximum atomic E-state index is 4.11. The molecule has 0 aromatic carbocycles. The summed E-state index contributed by atoms with van der Waals surface area (Å²) >= 11 is 0. The van der Waals surface area contributed by atoms with E-state index in [2.05, 4.69) is 26.7 Å². The first-order valence-corrected chi connectivity index (χ1v) is 4.67. The van der Waals surface area contributed by atoms with Crippen molar-refractivity contribution in [3.8, 4) is 0 Å². The zero-order valence-corrected chi connectivity index (χ0v) is 8.62. The fourth-order valence-corrected chi connectivity index (χ4v) is 1.00. The molecule has 0 unspecified atom stereocenters. The Kier molecular flexibility index (Phi) is 4.64. The summed E-state index contributed by atoms with van der Waals surface area (Å²) in [6.07, 6.45) is 8.75. The molecule has 0 spiro atoms. The zero-order valence-electron chi connectivity index (χ0n) is 8.62. The van der Waals surface area contributed by atoms with Gasteiger partial charge in [0.05, 0.1) is 0 Å². The first-order valence-electron chi connectivity index (χ1n) is 4.67. The number of nitrogens with one attached hydrogen (secondary N) is 2. The molecule has 2 N–H and O–H groups in total. The fourth-order valence-electron chi connectivity index (χ4n) is 1.00. The van der Waals surface area contributed by atoms with Crippen LogP contribution in [0.5, 0.6) is 0 Å². The highest BCUT2D eigenvalue weighted by Crippen LogP contribution is 2.01. The Morgan fingerprint density at radius 2 is 2.00 bits per heavy atom. The molecule has 1 rings (SSSR count). The molecular weight excluding hydrogens is 176 g/mol. The Hall–Kier alpha value is -1.42. The molecule has 0 atom stereocenters. The lowest BCUT2D eigenvalue weighted by Gasteiger charge is -1.97. The highest BCUT2D eigenvalue weighted by atomic mass is 15.1. The van der Waals surface area contributed by atoms with Gasteiger partial charge in [0, 0.05) is 25.0 Å². The molecule has 76 valence electrons. The van der Waals surface area contributed by atoms with Crippen molar-refractivity contribution in [1.82, 2.24) is 15.3 Å². The van der Waals surface area contributed by atoms with Gasteiger partial charge < -0.3 is 10.6 Å². The zero-order chi connectivity index (χ0) is 10.2. The van der Waals surface area contributed by atoms with Gasteiger partial charge in [-0.15, -0.1) is 0 Å². The minimum atomic E-state index is 0.650. The van der Waals surface area contributed by atoms with Crippen molar-refractivity contribution in [2.45, 2.75) is 6.42 Å². The van der Waals surface area contributed by atoms with E-state index in [4.69, 9.17) is 0 Å². The Morgan fingerprint density at radius 3 is 2.57 bits per heavy atom. The van der Waals surface area contributed by atoms with E-state index in [1.165, 1.54) is 0 Å². The minimum absolute atomic E-state index is 0.650. The lowest BCUT2D eigenvalue weighted by Crippen LogP contribution is -2.05. The molecule has 0 aliphatic carbocycles. The van der Waals surface area contributed by atoms with E-state index >= 15 is 0 Å². The molecule has 0 saturated carbocycles. The monoisotopic (exact) mass is 192 g/mol. The van der Waals surface area contributed by atoms with Gasteiger partial charge in [0.1, 0.15) is 0 Å². The number of nitrogens with zero attached hydrogens (tertiary/aromatic N) is 2. The molecule has 1 aromatic heterocycles. The summed E-state index contributed by atoms with van der Waals surface area (Å²) in [5, 5.41) is 5.95. The van der Waals surface area contributed by atoms with E-state index in [1.54, 1.807) is 19.4 Å². The molecule has 0 fully saturated rings. The molecule has 4 heteroatoms. The summed E-state index contributed by atoms with van der Waals surface area (Å²) < 4.78 is 0. The summed E-state index contributed by atoms with van der Waals surface area (Å²) in [7, 11) is 3.75. The summed E-state index contributed by atoms with van der Waals surface area (Å²) in [5.74, 6) is 0.650. The van der Waals surface area contributed by atoms with Crippen LogP contribution in [0.2, 0.25) is 0 Å². The van der Waals surface area contributed by atoms with E-state index in [9.17, 15) is 0 Å². The smallest absolute Gasteiger partial charge is 0.222 e. The lowest BCUT2D eigenvalue weighted by molar-refractivity contribution is 0.809. The summed E-state index contributed by atoms with van der Waals surface area (Å²) in [4.78, 5) is 8.21. The second-order valence-corrected chi connectivity index (χ2v) is 2.88.